The summed E-state index contributed by atoms with van der Waals surface area (Å²) in [6, 6.07) is 11.5. The van der Waals surface area contributed by atoms with Gasteiger partial charge in [-0.05, 0) is 44.0 Å². The number of likely N-dealkylation sites (N-methyl/N-ethyl adjacent to an activating group) is 1. The van der Waals surface area contributed by atoms with Crippen LogP contribution >= 0.6 is 0 Å². The molecule has 0 radical (unpaired) electrons. The third-order valence-corrected chi connectivity index (χ3v) is 4.73. The lowest BCUT2D eigenvalue weighted by Crippen LogP contribution is -2.47. The molecule has 0 bridgehead atoms. The molecule has 1 saturated heterocycles. The van der Waals surface area contributed by atoms with E-state index in [1.807, 2.05) is 0 Å². The van der Waals surface area contributed by atoms with Crippen LogP contribution in [0.4, 0.5) is 0 Å². The molecule has 1 unspecified atom stereocenters. The quantitative estimate of drug-likeness (QED) is 0.874. The second-order valence-electron chi connectivity index (χ2n) is 7.20. The number of nitrogens with zero attached hydrogens (tertiary/aromatic N) is 2. The highest BCUT2D eigenvalue weighted by Gasteiger charge is 2.26. The van der Waals surface area contributed by atoms with Crippen molar-refractivity contribution in [2.45, 2.75) is 32.7 Å². The number of hydrogen-bond donors (Lipinski definition) is 1. The van der Waals surface area contributed by atoms with Gasteiger partial charge in [0.2, 0.25) is 0 Å². The third kappa shape index (κ3) is 4.80. The molecule has 0 aliphatic carbocycles. The number of rotatable bonds is 6. The molecule has 1 aromatic carbocycles. The summed E-state index contributed by atoms with van der Waals surface area (Å²) in [7, 11) is 2.23. The van der Waals surface area contributed by atoms with Gasteiger partial charge in [0, 0.05) is 25.7 Å². The standard InChI is InChI=1S/C18H31N3/c1-18(2,15-19)10-7-11-21-13-12-20(3)14-17(21)16-8-5-4-6-9-16/h4-6,8-9,17H,7,10-15,19H2,1-3H3. The summed E-state index contributed by atoms with van der Waals surface area (Å²) < 4.78 is 0. The monoisotopic (exact) mass is 289 g/mol. The van der Waals surface area contributed by atoms with Gasteiger partial charge in [0.15, 0.2) is 0 Å². The van der Waals surface area contributed by atoms with E-state index in [9.17, 15) is 0 Å². The van der Waals surface area contributed by atoms with Crippen LogP contribution in [0.3, 0.4) is 0 Å². The fourth-order valence-corrected chi connectivity index (χ4v) is 3.08. The van der Waals surface area contributed by atoms with Gasteiger partial charge in [-0.2, -0.15) is 0 Å². The highest BCUT2D eigenvalue weighted by molar-refractivity contribution is 5.20. The van der Waals surface area contributed by atoms with Crippen LogP contribution in [0.2, 0.25) is 0 Å². The smallest absolute Gasteiger partial charge is 0.0475 e. The molecule has 1 aliphatic heterocycles. The minimum absolute atomic E-state index is 0.273. The molecule has 2 rings (SSSR count). The van der Waals surface area contributed by atoms with Crippen molar-refractivity contribution in [2.75, 3.05) is 39.8 Å². The van der Waals surface area contributed by atoms with Gasteiger partial charge >= 0.3 is 0 Å². The van der Waals surface area contributed by atoms with Crippen molar-refractivity contribution < 1.29 is 0 Å². The van der Waals surface area contributed by atoms with Crippen LogP contribution in [0.15, 0.2) is 30.3 Å². The van der Waals surface area contributed by atoms with E-state index in [0.717, 1.165) is 13.1 Å². The lowest BCUT2D eigenvalue weighted by Gasteiger charge is -2.40. The molecule has 1 heterocycles. The Balaban J connectivity index is 1.96. The van der Waals surface area contributed by atoms with Crippen molar-refractivity contribution in [3.05, 3.63) is 35.9 Å². The molecule has 21 heavy (non-hydrogen) atoms. The van der Waals surface area contributed by atoms with Gasteiger partial charge in [0.1, 0.15) is 0 Å². The molecule has 0 aromatic heterocycles. The predicted molar refractivity (Wildman–Crippen MR) is 90.3 cm³/mol. The minimum Gasteiger partial charge on any atom is -0.330 e. The van der Waals surface area contributed by atoms with Gasteiger partial charge in [-0.1, -0.05) is 44.2 Å². The maximum Gasteiger partial charge on any atom is 0.0475 e. The lowest BCUT2D eigenvalue weighted by atomic mass is 9.88. The summed E-state index contributed by atoms with van der Waals surface area (Å²) in [6.07, 6.45) is 2.44. The third-order valence-electron chi connectivity index (χ3n) is 4.73. The summed E-state index contributed by atoms with van der Waals surface area (Å²) in [6.45, 7) is 9.96. The Bertz CT molecular complexity index is 416. The van der Waals surface area contributed by atoms with Crippen molar-refractivity contribution in [1.29, 1.82) is 0 Å². The molecule has 0 saturated carbocycles. The van der Waals surface area contributed by atoms with Gasteiger partial charge in [-0.25, -0.2) is 0 Å². The molecule has 0 amide bonds. The molecule has 3 heteroatoms. The SMILES string of the molecule is CN1CCN(CCCC(C)(C)CN)C(c2ccccc2)C1. The van der Waals surface area contributed by atoms with Crippen LogP contribution < -0.4 is 5.73 Å². The summed E-state index contributed by atoms with van der Waals surface area (Å²) in [5, 5.41) is 0. The zero-order valence-electron chi connectivity index (χ0n) is 13.9. The number of nitrogens with two attached hydrogens (primary N) is 1. The van der Waals surface area contributed by atoms with E-state index in [-0.39, 0.29) is 5.41 Å². The predicted octanol–water partition coefficient (Wildman–Crippen LogP) is 2.74. The maximum atomic E-state index is 5.84. The van der Waals surface area contributed by atoms with Crippen LogP contribution in [-0.4, -0.2) is 49.6 Å². The van der Waals surface area contributed by atoms with Crippen molar-refractivity contribution in [3.63, 3.8) is 0 Å². The van der Waals surface area contributed by atoms with Crippen LogP contribution in [-0.2, 0) is 0 Å². The van der Waals surface area contributed by atoms with Crippen LogP contribution in [0.1, 0.15) is 38.3 Å². The van der Waals surface area contributed by atoms with E-state index in [1.165, 1.54) is 38.0 Å². The molecule has 1 aromatic rings. The first kappa shape index (κ1) is 16.5. The Hall–Kier alpha value is -0.900. The zero-order chi connectivity index (χ0) is 15.3. The molecule has 2 N–H and O–H groups in total. The Morgan fingerprint density at radius 1 is 1.19 bits per heavy atom. The van der Waals surface area contributed by atoms with Gasteiger partial charge in [-0.15, -0.1) is 0 Å². The molecule has 1 atom stereocenters. The van der Waals surface area contributed by atoms with E-state index < -0.39 is 0 Å². The van der Waals surface area contributed by atoms with Gasteiger partial charge in [0.05, 0.1) is 0 Å². The zero-order valence-corrected chi connectivity index (χ0v) is 13.9. The normalized spacial score (nSPS) is 21.6. The van der Waals surface area contributed by atoms with Crippen molar-refractivity contribution >= 4 is 0 Å². The van der Waals surface area contributed by atoms with E-state index in [2.05, 4.69) is 61.0 Å². The average molecular weight is 289 g/mol. The van der Waals surface area contributed by atoms with Crippen molar-refractivity contribution in [1.82, 2.24) is 9.80 Å². The van der Waals surface area contributed by atoms with E-state index >= 15 is 0 Å². The van der Waals surface area contributed by atoms with Gasteiger partial charge < -0.3 is 10.6 Å². The number of benzene rings is 1. The average Bonchev–Trinajstić information content (AvgIpc) is 2.49. The summed E-state index contributed by atoms with van der Waals surface area (Å²) in [5.74, 6) is 0. The second-order valence-corrected chi connectivity index (χ2v) is 7.20. The number of piperazine rings is 1. The first-order valence-corrected chi connectivity index (χ1v) is 8.19. The molecular weight excluding hydrogens is 258 g/mol. The first-order valence-electron chi connectivity index (χ1n) is 8.19. The summed E-state index contributed by atoms with van der Waals surface area (Å²) in [5.41, 5.74) is 7.56. The fraction of sp³-hybridized carbons (Fsp3) is 0.667. The van der Waals surface area contributed by atoms with Crippen LogP contribution in [0, 0.1) is 5.41 Å². The van der Waals surface area contributed by atoms with Crippen LogP contribution in [0.25, 0.3) is 0 Å². The Morgan fingerprint density at radius 2 is 1.90 bits per heavy atom. The van der Waals surface area contributed by atoms with E-state index in [0.29, 0.717) is 6.04 Å². The summed E-state index contributed by atoms with van der Waals surface area (Å²) in [4.78, 5) is 5.10. The topological polar surface area (TPSA) is 32.5 Å². The molecule has 118 valence electrons. The highest BCUT2D eigenvalue weighted by atomic mass is 15.3. The number of hydrogen-bond acceptors (Lipinski definition) is 3. The Kier molecular flexibility index (Phi) is 5.80. The Morgan fingerprint density at radius 3 is 2.57 bits per heavy atom. The lowest BCUT2D eigenvalue weighted by molar-refractivity contribution is 0.0852. The molecule has 3 nitrogen and oxygen atoms in total. The van der Waals surface area contributed by atoms with E-state index in [4.69, 9.17) is 5.73 Å². The largest absolute Gasteiger partial charge is 0.330 e. The second kappa shape index (κ2) is 7.39. The van der Waals surface area contributed by atoms with Crippen LogP contribution in [0.5, 0.6) is 0 Å². The minimum atomic E-state index is 0.273. The highest BCUT2D eigenvalue weighted by Crippen LogP contribution is 2.27. The Labute approximate surface area is 130 Å². The fourth-order valence-electron chi connectivity index (χ4n) is 3.08. The molecule has 0 spiro atoms. The van der Waals surface area contributed by atoms with Gasteiger partial charge in [0.25, 0.3) is 0 Å². The molecule has 1 aliphatic rings. The maximum absolute atomic E-state index is 5.84. The van der Waals surface area contributed by atoms with Crippen molar-refractivity contribution in [3.8, 4) is 0 Å². The first-order chi connectivity index (χ1) is 10.0. The summed E-state index contributed by atoms with van der Waals surface area (Å²) >= 11 is 0. The van der Waals surface area contributed by atoms with Crippen molar-refractivity contribution in [2.24, 2.45) is 11.1 Å². The molecular formula is C18H31N3. The molecule has 1 fully saturated rings. The van der Waals surface area contributed by atoms with E-state index in [1.54, 1.807) is 0 Å². The van der Waals surface area contributed by atoms with Gasteiger partial charge in [-0.3, -0.25) is 4.90 Å².